The molecule has 0 atom stereocenters. The van der Waals surface area contributed by atoms with Crippen molar-refractivity contribution in [2.24, 2.45) is 5.73 Å². The van der Waals surface area contributed by atoms with Crippen molar-refractivity contribution >= 4 is 17.4 Å². The van der Waals surface area contributed by atoms with E-state index in [1.54, 1.807) is 6.07 Å². The van der Waals surface area contributed by atoms with Gasteiger partial charge < -0.3 is 21.5 Å². The topological polar surface area (TPSA) is 105 Å². The number of aliphatic hydroxyl groups excluding tert-OH is 1. The molecule has 0 aliphatic rings. The summed E-state index contributed by atoms with van der Waals surface area (Å²) >= 11 is 0. The Labute approximate surface area is 107 Å². The summed E-state index contributed by atoms with van der Waals surface area (Å²) in [6.45, 7) is 3.35. The lowest BCUT2D eigenvalue weighted by molar-refractivity contribution is 0.100. The van der Waals surface area contributed by atoms with Gasteiger partial charge in [-0.3, -0.25) is 4.79 Å². The first-order valence-electron chi connectivity index (χ1n) is 6.01. The average molecular weight is 252 g/mol. The van der Waals surface area contributed by atoms with Crippen molar-refractivity contribution in [2.75, 3.05) is 30.3 Å². The van der Waals surface area contributed by atoms with Gasteiger partial charge in [0.1, 0.15) is 5.82 Å². The third-order valence-electron chi connectivity index (χ3n) is 2.66. The zero-order chi connectivity index (χ0) is 13.5. The Morgan fingerprint density at radius 1 is 1.50 bits per heavy atom. The largest absolute Gasteiger partial charge is 0.397 e. The molecule has 0 fully saturated rings. The molecule has 0 aromatic carbocycles. The van der Waals surface area contributed by atoms with Gasteiger partial charge in [-0.1, -0.05) is 13.3 Å². The van der Waals surface area contributed by atoms with E-state index in [1.807, 2.05) is 4.90 Å². The second-order valence-electron chi connectivity index (χ2n) is 4.06. The Bertz CT molecular complexity index is 409. The highest BCUT2D eigenvalue weighted by molar-refractivity contribution is 5.98. The maximum Gasteiger partial charge on any atom is 0.250 e. The van der Waals surface area contributed by atoms with Crippen molar-refractivity contribution in [3.8, 4) is 0 Å². The van der Waals surface area contributed by atoms with Crippen LogP contribution in [-0.2, 0) is 0 Å². The van der Waals surface area contributed by atoms with Crippen LogP contribution in [0.15, 0.2) is 12.3 Å². The van der Waals surface area contributed by atoms with Crippen LogP contribution in [0.5, 0.6) is 0 Å². The number of anilines is 2. The normalized spacial score (nSPS) is 10.3. The zero-order valence-electron chi connectivity index (χ0n) is 10.6. The number of carbonyl (C=O) groups is 1. The molecule has 0 bridgehead atoms. The molecule has 18 heavy (non-hydrogen) atoms. The fourth-order valence-electron chi connectivity index (χ4n) is 1.65. The summed E-state index contributed by atoms with van der Waals surface area (Å²) in [7, 11) is 0. The van der Waals surface area contributed by atoms with Crippen molar-refractivity contribution in [2.45, 2.75) is 19.8 Å². The summed E-state index contributed by atoms with van der Waals surface area (Å²) < 4.78 is 0. The first-order chi connectivity index (χ1) is 8.60. The number of carbonyl (C=O) groups excluding carboxylic acids is 1. The van der Waals surface area contributed by atoms with Gasteiger partial charge in [0, 0.05) is 13.1 Å². The molecule has 100 valence electrons. The molecule has 0 unspecified atom stereocenters. The molecule has 1 rings (SSSR count). The van der Waals surface area contributed by atoms with Crippen LogP contribution in [-0.4, -0.2) is 35.7 Å². The van der Waals surface area contributed by atoms with Gasteiger partial charge in [-0.25, -0.2) is 4.98 Å². The van der Waals surface area contributed by atoms with Gasteiger partial charge >= 0.3 is 0 Å². The van der Waals surface area contributed by atoms with E-state index in [9.17, 15) is 4.79 Å². The highest BCUT2D eigenvalue weighted by Gasteiger charge is 2.12. The molecule has 1 heterocycles. The van der Waals surface area contributed by atoms with E-state index in [0.717, 1.165) is 19.4 Å². The smallest absolute Gasteiger partial charge is 0.250 e. The summed E-state index contributed by atoms with van der Waals surface area (Å²) in [6, 6.07) is 1.57. The molecule has 0 radical (unpaired) electrons. The van der Waals surface area contributed by atoms with Crippen LogP contribution in [0.1, 0.15) is 30.1 Å². The van der Waals surface area contributed by atoms with Gasteiger partial charge in [0.15, 0.2) is 0 Å². The number of aliphatic hydroxyl groups is 1. The number of primary amides is 1. The van der Waals surface area contributed by atoms with E-state index in [2.05, 4.69) is 11.9 Å². The highest BCUT2D eigenvalue weighted by Crippen LogP contribution is 2.18. The first kappa shape index (κ1) is 14.2. The van der Waals surface area contributed by atoms with Crippen molar-refractivity contribution in [3.63, 3.8) is 0 Å². The highest BCUT2D eigenvalue weighted by atomic mass is 16.3. The molecular formula is C12H20N4O2. The summed E-state index contributed by atoms with van der Waals surface area (Å²) in [4.78, 5) is 17.3. The molecule has 0 saturated carbocycles. The van der Waals surface area contributed by atoms with Gasteiger partial charge in [-0.05, 0) is 12.5 Å². The number of amides is 1. The number of nitrogens with zero attached hydrogens (tertiary/aromatic N) is 2. The monoisotopic (exact) mass is 252 g/mol. The second kappa shape index (κ2) is 6.80. The molecule has 6 heteroatoms. The van der Waals surface area contributed by atoms with Crippen LogP contribution in [0, 0.1) is 0 Å². The maximum absolute atomic E-state index is 11.2. The van der Waals surface area contributed by atoms with Gasteiger partial charge in [-0.2, -0.15) is 0 Å². The van der Waals surface area contributed by atoms with Crippen molar-refractivity contribution in [3.05, 3.63) is 17.8 Å². The van der Waals surface area contributed by atoms with Gasteiger partial charge in [-0.15, -0.1) is 0 Å². The minimum atomic E-state index is -0.574. The second-order valence-corrected chi connectivity index (χ2v) is 4.06. The summed E-state index contributed by atoms with van der Waals surface area (Å²) in [5.74, 6) is 0.0380. The Morgan fingerprint density at radius 3 is 2.78 bits per heavy atom. The van der Waals surface area contributed by atoms with Crippen LogP contribution in [0.4, 0.5) is 11.5 Å². The van der Waals surface area contributed by atoms with Crippen LogP contribution in [0.3, 0.4) is 0 Å². The van der Waals surface area contributed by atoms with E-state index < -0.39 is 5.91 Å². The maximum atomic E-state index is 11.2. The molecular weight excluding hydrogens is 232 g/mol. The minimum Gasteiger partial charge on any atom is -0.397 e. The van der Waals surface area contributed by atoms with E-state index in [1.165, 1.54) is 6.20 Å². The van der Waals surface area contributed by atoms with Gasteiger partial charge in [0.25, 0.3) is 5.91 Å². The van der Waals surface area contributed by atoms with E-state index in [0.29, 0.717) is 12.4 Å². The van der Waals surface area contributed by atoms with E-state index >= 15 is 0 Å². The minimum absolute atomic E-state index is 0.0294. The Kier molecular flexibility index (Phi) is 5.38. The number of hydrogen-bond acceptors (Lipinski definition) is 5. The lowest BCUT2D eigenvalue weighted by atomic mass is 10.2. The Morgan fingerprint density at radius 2 is 2.22 bits per heavy atom. The molecule has 0 aliphatic heterocycles. The van der Waals surface area contributed by atoms with Crippen LogP contribution < -0.4 is 16.4 Å². The summed E-state index contributed by atoms with van der Waals surface area (Å²) in [5, 5.41) is 9.04. The van der Waals surface area contributed by atoms with E-state index in [4.69, 9.17) is 16.6 Å². The average Bonchev–Trinajstić information content (AvgIpc) is 2.35. The Hall–Kier alpha value is -1.82. The third kappa shape index (κ3) is 3.59. The molecule has 0 spiro atoms. The fraction of sp³-hybridized carbons (Fsp3) is 0.500. The Balaban J connectivity index is 2.97. The van der Waals surface area contributed by atoms with Crippen molar-refractivity contribution in [1.82, 2.24) is 4.98 Å². The molecule has 1 amide bonds. The van der Waals surface area contributed by atoms with Crippen molar-refractivity contribution in [1.29, 1.82) is 0 Å². The molecule has 1 aromatic rings. The fourth-order valence-corrected chi connectivity index (χ4v) is 1.65. The predicted octanol–water partition coefficient (Wildman–Crippen LogP) is 0.362. The summed E-state index contributed by atoms with van der Waals surface area (Å²) in [5.41, 5.74) is 11.4. The lowest BCUT2D eigenvalue weighted by Crippen LogP contribution is -2.29. The molecule has 5 N–H and O–H groups in total. The first-order valence-corrected chi connectivity index (χ1v) is 6.01. The number of nitrogen functional groups attached to an aromatic ring is 1. The van der Waals surface area contributed by atoms with Gasteiger partial charge in [0.05, 0.1) is 24.1 Å². The number of pyridine rings is 1. The number of rotatable bonds is 7. The van der Waals surface area contributed by atoms with Gasteiger partial charge in [0.2, 0.25) is 0 Å². The molecule has 1 aromatic heterocycles. The molecule has 0 aliphatic carbocycles. The standard InChI is InChI=1S/C12H20N4O2/c1-2-3-4-16(5-6-17)11-7-9(12(14)18)10(13)8-15-11/h7-8,17H,2-6,13H2,1H3,(H2,14,18). The lowest BCUT2D eigenvalue weighted by Gasteiger charge is -2.23. The predicted molar refractivity (Wildman–Crippen MR) is 71.4 cm³/mol. The quantitative estimate of drug-likeness (QED) is 0.649. The van der Waals surface area contributed by atoms with E-state index in [-0.39, 0.29) is 17.9 Å². The zero-order valence-corrected chi connectivity index (χ0v) is 10.6. The summed E-state index contributed by atoms with van der Waals surface area (Å²) in [6.07, 6.45) is 3.45. The SMILES string of the molecule is CCCCN(CCO)c1cc(C(N)=O)c(N)cn1. The van der Waals surface area contributed by atoms with Crippen molar-refractivity contribution < 1.29 is 9.90 Å². The number of aromatic nitrogens is 1. The number of hydrogen-bond donors (Lipinski definition) is 3. The molecule has 0 saturated heterocycles. The van der Waals surface area contributed by atoms with Crippen LogP contribution >= 0.6 is 0 Å². The number of nitrogens with two attached hydrogens (primary N) is 2. The van der Waals surface area contributed by atoms with Crippen LogP contribution in [0.25, 0.3) is 0 Å². The number of unbranched alkanes of at least 4 members (excludes halogenated alkanes) is 1. The third-order valence-corrected chi connectivity index (χ3v) is 2.66. The van der Waals surface area contributed by atoms with Crippen LogP contribution in [0.2, 0.25) is 0 Å². The molecule has 6 nitrogen and oxygen atoms in total.